The standard InChI is InChI=1S/C26H30N2O3S/c1-3-4-5-7-14-22(25(30)28(2)18-23-24(29)27-26(31)32-23)17-19-11-10-15-21(16-19)20-12-8-6-9-13-20/h6,8-13,15-16,18,22H,3-5,7,14,17H2,1-2H3,(H,27,29,31). The Bertz CT molecular complexity index is 988. The average molecular weight is 451 g/mol. The number of thioether (sulfide) groups is 1. The van der Waals surface area contributed by atoms with Gasteiger partial charge in [-0.2, -0.15) is 0 Å². The summed E-state index contributed by atoms with van der Waals surface area (Å²) >= 11 is 0.827. The van der Waals surface area contributed by atoms with Gasteiger partial charge in [-0.3, -0.25) is 19.7 Å². The molecule has 0 radical (unpaired) electrons. The van der Waals surface area contributed by atoms with E-state index in [-0.39, 0.29) is 16.7 Å². The zero-order chi connectivity index (χ0) is 22.9. The summed E-state index contributed by atoms with van der Waals surface area (Å²) in [6.45, 7) is 2.17. The van der Waals surface area contributed by atoms with Crippen LogP contribution in [0.2, 0.25) is 0 Å². The van der Waals surface area contributed by atoms with Gasteiger partial charge in [-0.25, -0.2) is 0 Å². The summed E-state index contributed by atoms with van der Waals surface area (Å²) in [6, 6.07) is 18.5. The summed E-state index contributed by atoms with van der Waals surface area (Å²) in [5, 5.41) is 1.82. The number of hydrogen-bond acceptors (Lipinski definition) is 4. The predicted octanol–water partition coefficient (Wildman–Crippen LogP) is 5.77. The van der Waals surface area contributed by atoms with E-state index in [1.807, 2.05) is 24.3 Å². The number of carbonyl (C=O) groups is 3. The van der Waals surface area contributed by atoms with Gasteiger partial charge in [0, 0.05) is 19.2 Å². The lowest BCUT2D eigenvalue weighted by molar-refractivity contribution is -0.132. The number of imide groups is 1. The number of hydrogen-bond donors (Lipinski definition) is 1. The van der Waals surface area contributed by atoms with Gasteiger partial charge in [0.1, 0.15) is 0 Å². The van der Waals surface area contributed by atoms with Crippen molar-refractivity contribution in [1.82, 2.24) is 10.2 Å². The van der Waals surface area contributed by atoms with Crippen LogP contribution in [-0.4, -0.2) is 29.0 Å². The Labute approximate surface area is 194 Å². The van der Waals surface area contributed by atoms with Crippen LogP contribution < -0.4 is 5.32 Å². The molecule has 0 aromatic heterocycles. The van der Waals surface area contributed by atoms with E-state index in [1.54, 1.807) is 7.05 Å². The Morgan fingerprint density at radius 3 is 2.47 bits per heavy atom. The lowest BCUT2D eigenvalue weighted by Gasteiger charge is -2.22. The lowest BCUT2D eigenvalue weighted by Crippen LogP contribution is -2.31. The number of benzene rings is 2. The highest BCUT2D eigenvalue weighted by atomic mass is 32.2. The number of carbonyl (C=O) groups excluding carboxylic acids is 3. The van der Waals surface area contributed by atoms with Crippen molar-refractivity contribution in [2.24, 2.45) is 5.92 Å². The van der Waals surface area contributed by atoms with Gasteiger partial charge in [-0.05, 0) is 41.3 Å². The van der Waals surface area contributed by atoms with Gasteiger partial charge < -0.3 is 4.90 Å². The first kappa shape index (κ1) is 23.8. The topological polar surface area (TPSA) is 66.5 Å². The molecule has 1 N–H and O–H groups in total. The van der Waals surface area contributed by atoms with Gasteiger partial charge in [0.2, 0.25) is 5.91 Å². The first-order valence-corrected chi connectivity index (χ1v) is 12.0. The maximum atomic E-state index is 13.3. The average Bonchev–Trinajstić information content (AvgIpc) is 3.12. The Balaban J connectivity index is 1.76. The summed E-state index contributed by atoms with van der Waals surface area (Å²) < 4.78 is 0. The highest BCUT2D eigenvalue weighted by Gasteiger charge is 2.28. The van der Waals surface area contributed by atoms with Crippen LogP contribution in [0.25, 0.3) is 11.1 Å². The van der Waals surface area contributed by atoms with Crippen molar-refractivity contribution in [2.45, 2.75) is 45.4 Å². The van der Waals surface area contributed by atoms with E-state index in [0.717, 1.165) is 60.6 Å². The van der Waals surface area contributed by atoms with Crippen LogP contribution in [0.4, 0.5) is 4.79 Å². The fourth-order valence-corrected chi connectivity index (χ4v) is 4.56. The molecule has 168 valence electrons. The molecule has 0 aliphatic carbocycles. The molecule has 1 aliphatic heterocycles. The van der Waals surface area contributed by atoms with Crippen LogP contribution in [0.5, 0.6) is 0 Å². The van der Waals surface area contributed by atoms with Crippen molar-refractivity contribution in [3.63, 3.8) is 0 Å². The van der Waals surface area contributed by atoms with Crippen LogP contribution in [-0.2, 0) is 16.0 Å². The molecule has 0 saturated carbocycles. The summed E-state index contributed by atoms with van der Waals surface area (Å²) in [7, 11) is 1.66. The Morgan fingerprint density at radius 1 is 1.03 bits per heavy atom. The molecule has 1 unspecified atom stereocenters. The van der Waals surface area contributed by atoms with Crippen molar-refractivity contribution in [1.29, 1.82) is 0 Å². The summed E-state index contributed by atoms with van der Waals surface area (Å²) in [6.07, 6.45) is 7.29. The third-order valence-electron chi connectivity index (χ3n) is 5.57. The Kier molecular flexibility index (Phi) is 8.68. The number of nitrogens with zero attached hydrogens (tertiary/aromatic N) is 1. The molecule has 3 amide bonds. The van der Waals surface area contributed by atoms with E-state index in [1.165, 1.54) is 11.1 Å². The van der Waals surface area contributed by atoms with Crippen molar-refractivity contribution in [3.8, 4) is 11.1 Å². The van der Waals surface area contributed by atoms with E-state index < -0.39 is 11.1 Å². The summed E-state index contributed by atoms with van der Waals surface area (Å²) in [5.41, 5.74) is 3.40. The van der Waals surface area contributed by atoms with Crippen LogP contribution in [0.15, 0.2) is 65.7 Å². The lowest BCUT2D eigenvalue weighted by atomic mass is 9.91. The van der Waals surface area contributed by atoms with Crippen molar-refractivity contribution < 1.29 is 14.4 Å². The first-order valence-electron chi connectivity index (χ1n) is 11.1. The van der Waals surface area contributed by atoms with Crippen LogP contribution >= 0.6 is 11.8 Å². The summed E-state index contributed by atoms with van der Waals surface area (Å²) in [5.74, 6) is -0.675. The molecule has 1 aliphatic rings. The molecule has 2 aromatic carbocycles. The fraction of sp³-hybridized carbons (Fsp3) is 0.346. The molecule has 0 spiro atoms. The van der Waals surface area contributed by atoms with Gasteiger partial charge >= 0.3 is 0 Å². The van der Waals surface area contributed by atoms with E-state index >= 15 is 0 Å². The molecule has 5 nitrogen and oxygen atoms in total. The second kappa shape index (κ2) is 11.7. The van der Waals surface area contributed by atoms with Crippen molar-refractivity contribution in [2.75, 3.05) is 7.05 Å². The monoisotopic (exact) mass is 450 g/mol. The molecule has 0 bridgehead atoms. The molecule has 1 fully saturated rings. The third kappa shape index (κ3) is 6.57. The molecule has 1 saturated heterocycles. The van der Waals surface area contributed by atoms with Gasteiger partial charge in [-0.1, -0.05) is 87.2 Å². The van der Waals surface area contributed by atoms with E-state index in [0.29, 0.717) is 6.42 Å². The Morgan fingerprint density at radius 2 is 1.78 bits per heavy atom. The van der Waals surface area contributed by atoms with Crippen LogP contribution in [0, 0.1) is 5.92 Å². The van der Waals surface area contributed by atoms with E-state index in [2.05, 4.69) is 42.6 Å². The van der Waals surface area contributed by atoms with E-state index in [4.69, 9.17) is 0 Å². The minimum Gasteiger partial charge on any atom is -0.321 e. The van der Waals surface area contributed by atoms with Crippen LogP contribution in [0.3, 0.4) is 0 Å². The highest BCUT2D eigenvalue weighted by molar-refractivity contribution is 8.18. The molecule has 1 heterocycles. The zero-order valence-corrected chi connectivity index (χ0v) is 19.5. The predicted molar refractivity (Wildman–Crippen MR) is 130 cm³/mol. The smallest absolute Gasteiger partial charge is 0.290 e. The summed E-state index contributed by atoms with van der Waals surface area (Å²) in [4.78, 5) is 38.3. The normalized spacial score (nSPS) is 15.6. The van der Waals surface area contributed by atoms with Crippen molar-refractivity contribution in [3.05, 3.63) is 71.3 Å². The first-order chi connectivity index (χ1) is 15.5. The van der Waals surface area contributed by atoms with Gasteiger partial charge in [0.25, 0.3) is 11.1 Å². The fourth-order valence-electron chi connectivity index (χ4n) is 3.86. The quantitative estimate of drug-likeness (QED) is 0.369. The number of rotatable bonds is 10. The number of amides is 3. The minimum absolute atomic E-state index is 0.0353. The largest absolute Gasteiger partial charge is 0.321 e. The SMILES string of the molecule is CCCCCCC(Cc1cccc(-c2ccccc2)c1)C(=O)N(C)C=C1SC(=O)NC1=O. The molecule has 6 heteroatoms. The number of nitrogens with one attached hydrogen (secondary N) is 1. The second-order valence-electron chi connectivity index (χ2n) is 8.10. The zero-order valence-electron chi connectivity index (χ0n) is 18.7. The molecule has 1 atom stereocenters. The molecular weight excluding hydrogens is 420 g/mol. The highest BCUT2D eigenvalue weighted by Crippen LogP contribution is 2.26. The maximum absolute atomic E-state index is 13.3. The third-order valence-corrected chi connectivity index (χ3v) is 6.37. The number of unbranched alkanes of at least 4 members (excludes halogenated alkanes) is 3. The van der Waals surface area contributed by atoms with E-state index in [9.17, 15) is 14.4 Å². The second-order valence-corrected chi connectivity index (χ2v) is 9.12. The maximum Gasteiger partial charge on any atom is 0.290 e. The molecule has 2 aromatic rings. The van der Waals surface area contributed by atoms with Crippen molar-refractivity contribution >= 4 is 28.8 Å². The minimum atomic E-state index is -0.449. The molecule has 32 heavy (non-hydrogen) atoms. The van der Waals surface area contributed by atoms with Gasteiger partial charge in [0.15, 0.2) is 0 Å². The van der Waals surface area contributed by atoms with Crippen LogP contribution in [0.1, 0.15) is 44.6 Å². The Hall–Kier alpha value is -2.86. The molecule has 3 rings (SSSR count). The molecular formula is C26H30N2O3S. The van der Waals surface area contributed by atoms with Gasteiger partial charge in [-0.15, -0.1) is 0 Å². The van der Waals surface area contributed by atoms with Gasteiger partial charge in [0.05, 0.1) is 4.91 Å².